The number of rotatable bonds is 9. The van der Waals surface area contributed by atoms with E-state index in [1.54, 1.807) is 5.38 Å². The molecule has 0 aliphatic carbocycles. The lowest BCUT2D eigenvalue weighted by molar-refractivity contribution is -0.120. The van der Waals surface area contributed by atoms with Gasteiger partial charge in [0.15, 0.2) is 9.84 Å². The zero-order valence-corrected chi connectivity index (χ0v) is 17.7. The highest BCUT2D eigenvalue weighted by Crippen LogP contribution is 2.26. The predicted molar refractivity (Wildman–Crippen MR) is 109 cm³/mol. The average molecular weight is 411 g/mol. The fraction of sp³-hybridized carbons (Fsp3) is 0.474. The van der Waals surface area contributed by atoms with Crippen molar-refractivity contribution in [2.75, 3.05) is 12.4 Å². The smallest absolute Gasteiger partial charge is 0.235 e. The maximum atomic E-state index is 12.3. The maximum absolute atomic E-state index is 12.3. The van der Waals surface area contributed by atoms with E-state index in [4.69, 9.17) is 4.74 Å². The molecule has 1 heterocycles. The van der Waals surface area contributed by atoms with Crippen LogP contribution in [0.15, 0.2) is 29.6 Å². The molecule has 0 aliphatic rings. The van der Waals surface area contributed by atoms with Crippen molar-refractivity contribution >= 4 is 27.1 Å². The molecule has 0 bridgehead atoms. The summed E-state index contributed by atoms with van der Waals surface area (Å²) < 4.78 is 30.1. The number of nitrogens with zero attached hydrogens (tertiary/aromatic N) is 1. The number of hydrogen-bond acceptors (Lipinski definition) is 6. The summed E-state index contributed by atoms with van der Waals surface area (Å²) in [5.41, 5.74) is 0.926. The Hall–Kier alpha value is -1.93. The van der Waals surface area contributed by atoms with E-state index in [-0.39, 0.29) is 5.75 Å². The van der Waals surface area contributed by atoms with Crippen LogP contribution >= 0.6 is 11.3 Å². The molecule has 0 aliphatic heterocycles. The van der Waals surface area contributed by atoms with Gasteiger partial charge in [-0.2, -0.15) is 0 Å². The fourth-order valence-electron chi connectivity index (χ4n) is 2.34. The highest BCUT2D eigenvalue weighted by molar-refractivity contribution is 7.91. The number of nitrogens with one attached hydrogen (secondary N) is 1. The molecular weight excluding hydrogens is 384 g/mol. The number of hydrogen-bond donors (Lipinski definition) is 1. The van der Waals surface area contributed by atoms with Crippen LogP contribution < -0.4 is 10.1 Å². The van der Waals surface area contributed by atoms with Gasteiger partial charge < -0.3 is 10.1 Å². The van der Waals surface area contributed by atoms with Crippen LogP contribution in [-0.2, 0) is 20.4 Å². The molecule has 2 aromatic rings. The third-order valence-electron chi connectivity index (χ3n) is 4.04. The second kappa shape index (κ2) is 8.84. The molecular formula is C19H26N2O4S2. The number of aromatic nitrogens is 1. The number of ether oxygens (including phenoxy) is 1. The summed E-state index contributed by atoms with van der Waals surface area (Å²) >= 11 is 1.38. The molecule has 1 N–H and O–H groups in total. The van der Waals surface area contributed by atoms with Gasteiger partial charge >= 0.3 is 0 Å². The van der Waals surface area contributed by atoms with Crippen LogP contribution in [0.5, 0.6) is 5.75 Å². The van der Waals surface area contributed by atoms with E-state index in [9.17, 15) is 13.2 Å². The average Bonchev–Trinajstić information content (AvgIpc) is 3.02. The summed E-state index contributed by atoms with van der Waals surface area (Å²) in [6, 6.07) is 7.50. The molecule has 0 fully saturated rings. The van der Waals surface area contributed by atoms with Crippen molar-refractivity contribution in [3.8, 4) is 16.3 Å². The minimum absolute atomic E-state index is 0.250. The normalized spacial score (nSPS) is 12.0. The van der Waals surface area contributed by atoms with Crippen molar-refractivity contribution in [2.24, 2.45) is 0 Å². The molecule has 2 rings (SSSR count). The highest BCUT2D eigenvalue weighted by Gasteiger charge is 2.23. The summed E-state index contributed by atoms with van der Waals surface area (Å²) in [6.45, 7) is 8.18. The molecule has 148 valence electrons. The minimum atomic E-state index is -3.59. The van der Waals surface area contributed by atoms with E-state index >= 15 is 0 Å². The second-order valence-corrected chi connectivity index (χ2v) is 9.84. The third kappa shape index (κ3) is 6.62. The summed E-state index contributed by atoms with van der Waals surface area (Å²) in [5, 5.41) is 5.20. The maximum Gasteiger partial charge on any atom is 0.235 e. The molecule has 1 amide bonds. The SMILES string of the molecule is CCOc1ccc(-c2nc(CS(=O)(=O)CC(=O)NC(C)(C)CC)cs2)cc1. The van der Waals surface area contributed by atoms with Crippen LogP contribution in [0, 0.1) is 0 Å². The molecule has 0 saturated heterocycles. The van der Waals surface area contributed by atoms with E-state index in [1.165, 1.54) is 11.3 Å². The first kappa shape index (κ1) is 21.4. The summed E-state index contributed by atoms with van der Waals surface area (Å²) in [5.74, 6) is -0.488. The summed E-state index contributed by atoms with van der Waals surface area (Å²) in [6.07, 6.45) is 0.719. The van der Waals surface area contributed by atoms with E-state index in [0.29, 0.717) is 12.3 Å². The molecule has 1 aromatic carbocycles. The van der Waals surface area contributed by atoms with Gasteiger partial charge in [-0.05, 0) is 51.5 Å². The van der Waals surface area contributed by atoms with E-state index < -0.39 is 27.0 Å². The predicted octanol–water partition coefficient (Wildman–Crippen LogP) is 3.43. The van der Waals surface area contributed by atoms with E-state index in [1.807, 2.05) is 52.0 Å². The second-order valence-electron chi connectivity index (χ2n) is 6.92. The number of carbonyl (C=O) groups excluding carboxylic acids is 1. The van der Waals surface area contributed by atoms with Crippen molar-refractivity contribution in [1.82, 2.24) is 10.3 Å². The Kier molecular flexibility index (Phi) is 7.00. The lowest BCUT2D eigenvalue weighted by atomic mass is 10.0. The Morgan fingerprint density at radius 3 is 2.48 bits per heavy atom. The molecule has 1 aromatic heterocycles. The largest absolute Gasteiger partial charge is 0.494 e. The molecule has 0 unspecified atom stereocenters. The Bertz CT molecular complexity index is 871. The molecule has 0 spiro atoms. The third-order valence-corrected chi connectivity index (χ3v) is 6.42. The van der Waals surface area contributed by atoms with Gasteiger partial charge in [0.25, 0.3) is 0 Å². The summed E-state index contributed by atoms with van der Waals surface area (Å²) in [7, 11) is -3.59. The number of amides is 1. The Balaban J connectivity index is 2.02. The molecule has 27 heavy (non-hydrogen) atoms. The first-order chi connectivity index (χ1) is 12.6. The monoisotopic (exact) mass is 410 g/mol. The lowest BCUT2D eigenvalue weighted by Crippen LogP contribution is -2.45. The fourth-order valence-corrected chi connectivity index (χ4v) is 4.45. The number of benzene rings is 1. The van der Waals surface area contributed by atoms with Gasteiger partial charge in [0, 0.05) is 16.5 Å². The minimum Gasteiger partial charge on any atom is -0.494 e. The van der Waals surface area contributed by atoms with E-state index in [2.05, 4.69) is 10.3 Å². The number of carbonyl (C=O) groups is 1. The Morgan fingerprint density at radius 2 is 1.89 bits per heavy atom. The number of sulfone groups is 1. The molecule has 0 saturated carbocycles. The van der Waals surface area contributed by atoms with Crippen LogP contribution in [0.2, 0.25) is 0 Å². The first-order valence-corrected chi connectivity index (χ1v) is 11.5. The van der Waals surface area contributed by atoms with Crippen LogP contribution in [0.4, 0.5) is 0 Å². The molecule has 0 atom stereocenters. The van der Waals surface area contributed by atoms with Crippen molar-refractivity contribution in [3.05, 3.63) is 35.3 Å². The molecule has 0 radical (unpaired) electrons. The van der Waals surface area contributed by atoms with Crippen LogP contribution in [0.3, 0.4) is 0 Å². The summed E-state index contributed by atoms with van der Waals surface area (Å²) in [4.78, 5) is 16.4. The van der Waals surface area contributed by atoms with Crippen molar-refractivity contribution < 1.29 is 17.9 Å². The van der Waals surface area contributed by atoms with Crippen molar-refractivity contribution in [3.63, 3.8) is 0 Å². The van der Waals surface area contributed by atoms with Gasteiger partial charge in [0.1, 0.15) is 16.5 Å². The van der Waals surface area contributed by atoms with Gasteiger partial charge in [-0.3, -0.25) is 4.79 Å². The highest BCUT2D eigenvalue weighted by atomic mass is 32.2. The zero-order valence-electron chi connectivity index (χ0n) is 16.1. The van der Waals surface area contributed by atoms with Crippen LogP contribution in [-0.4, -0.2) is 37.2 Å². The van der Waals surface area contributed by atoms with Crippen LogP contribution in [0.25, 0.3) is 10.6 Å². The molecule has 8 heteroatoms. The lowest BCUT2D eigenvalue weighted by Gasteiger charge is -2.24. The Labute approximate surface area is 164 Å². The quantitative estimate of drug-likeness (QED) is 0.684. The zero-order chi connectivity index (χ0) is 20.1. The topological polar surface area (TPSA) is 85.4 Å². The van der Waals surface area contributed by atoms with Gasteiger partial charge in [-0.1, -0.05) is 6.92 Å². The molecule has 6 nitrogen and oxygen atoms in total. The van der Waals surface area contributed by atoms with Gasteiger partial charge in [0.05, 0.1) is 18.1 Å². The number of thiazole rings is 1. The van der Waals surface area contributed by atoms with Crippen molar-refractivity contribution in [2.45, 2.75) is 45.4 Å². The van der Waals surface area contributed by atoms with Gasteiger partial charge in [0.2, 0.25) is 5.91 Å². The Morgan fingerprint density at radius 1 is 1.22 bits per heavy atom. The van der Waals surface area contributed by atoms with Crippen molar-refractivity contribution in [1.29, 1.82) is 0 Å². The van der Waals surface area contributed by atoms with Crippen LogP contribution in [0.1, 0.15) is 39.8 Å². The van der Waals surface area contributed by atoms with E-state index in [0.717, 1.165) is 22.7 Å². The van der Waals surface area contributed by atoms with Gasteiger partial charge in [-0.15, -0.1) is 11.3 Å². The standard InChI is InChI=1S/C19H26N2O4S2/c1-5-19(3,4)21-17(22)13-27(23,24)12-15-11-26-18(20-15)14-7-9-16(10-8-14)25-6-2/h7-11H,5-6,12-13H2,1-4H3,(H,21,22). The first-order valence-electron chi connectivity index (χ1n) is 8.83. The van der Waals surface area contributed by atoms with Gasteiger partial charge in [-0.25, -0.2) is 13.4 Å².